The largest absolute Gasteiger partial charge is 0.545 e. The van der Waals surface area contributed by atoms with Gasteiger partial charge in [0.2, 0.25) is 0 Å². The first-order valence-electron chi connectivity index (χ1n) is 5.03. The van der Waals surface area contributed by atoms with E-state index in [0.717, 1.165) is 4.68 Å². The van der Waals surface area contributed by atoms with Crippen LogP contribution in [0.2, 0.25) is 0 Å². The first kappa shape index (κ1) is 12.9. The number of rotatable bonds is 2. The van der Waals surface area contributed by atoms with Crippen molar-refractivity contribution < 1.29 is 23.1 Å². The van der Waals surface area contributed by atoms with Gasteiger partial charge in [0.05, 0.1) is 11.7 Å². The zero-order valence-corrected chi connectivity index (χ0v) is 9.31. The monoisotopic (exact) mass is 270 g/mol. The number of alkyl halides is 3. The number of hydrogen-bond donors (Lipinski definition) is 1. The third-order valence-electron chi connectivity index (χ3n) is 2.37. The number of hydrogen-bond acceptors (Lipinski definition) is 4. The van der Waals surface area contributed by atoms with Crippen LogP contribution in [0.5, 0.6) is 0 Å². The number of benzene rings is 1. The van der Waals surface area contributed by atoms with Crippen LogP contribution in [0.3, 0.4) is 0 Å². The average Bonchev–Trinajstić information content (AvgIpc) is 2.71. The van der Waals surface area contributed by atoms with Crippen molar-refractivity contribution in [3.8, 4) is 5.69 Å². The van der Waals surface area contributed by atoms with Crippen LogP contribution in [0.1, 0.15) is 16.1 Å². The minimum absolute atomic E-state index is 0.0921. The highest BCUT2D eigenvalue weighted by molar-refractivity contribution is 5.85. The smallest absolute Gasteiger partial charge is 0.435 e. The molecule has 5 nitrogen and oxygen atoms in total. The molecule has 0 aliphatic carbocycles. The molecule has 1 aromatic carbocycles. The lowest BCUT2D eigenvalue weighted by molar-refractivity contribution is -0.255. The molecule has 0 spiro atoms. The quantitative estimate of drug-likeness (QED) is 0.876. The molecule has 2 N–H and O–H groups in total. The van der Waals surface area contributed by atoms with Crippen LogP contribution in [0.25, 0.3) is 5.69 Å². The van der Waals surface area contributed by atoms with E-state index in [0.29, 0.717) is 6.07 Å². The number of nitrogens with two attached hydrogens (primary N) is 1. The van der Waals surface area contributed by atoms with Crippen LogP contribution >= 0.6 is 0 Å². The Balaban J connectivity index is 2.42. The molecule has 0 aliphatic heterocycles. The molecule has 0 saturated heterocycles. The molecule has 0 fully saturated rings. The maximum absolute atomic E-state index is 12.4. The lowest BCUT2D eigenvalue weighted by Crippen LogP contribution is -2.22. The SMILES string of the molecule is Nc1cc(C(F)(F)F)nn1-c1ccc(C(=O)[O-])cc1. The molecule has 0 saturated carbocycles. The molecule has 2 aromatic rings. The van der Waals surface area contributed by atoms with Gasteiger partial charge in [-0.2, -0.15) is 18.3 Å². The molecule has 1 heterocycles. The van der Waals surface area contributed by atoms with Crippen LogP contribution in [0, 0.1) is 0 Å². The van der Waals surface area contributed by atoms with Crippen molar-refractivity contribution in [2.24, 2.45) is 0 Å². The maximum atomic E-state index is 12.4. The molecular weight excluding hydrogens is 263 g/mol. The molecule has 0 amide bonds. The summed E-state index contributed by atoms with van der Waals surface area (Å²) < 4.78 is 38.2. The zero-order chi connectivity index (χ0) is 14.2. The Kier molecular flexibility index (Phi) is 2.93. The van der Waals surface area contributed by atoms with Gasteiger partial charge in [-0.1, -0.05) is 12.1 Å². The lowest BCUT2D eigenvalue weighted by Gasteiger charge is -2.06. The van der Waals surface area contributed by atoms with Gasteiger partial charge in [0.25, 0.3) is 0 Å². The predicted octanol–water partition coefficient (Wildman–Crippen LogP) is 0.837. The second kappa shape index (κ2) is 4.30. The number of carboxylic acids is 1. The molecule has 8 heteroatoms. The Labute approximate surface area is 105 Å². The Morgan fingerprint density at radius 3 is 2.26 bits per heavy atom. The molecular formula is C11H7F3N3O2-. The highest BCUT2D eigenvalue weighted by Gasteiger charge is 2.34. The molecule has 1 aromatic heterocycles. The average molecular weight is 270 g/mol. The number of nitrogens with zero attached hydrogens (tertiary/aromatic N) is 2. The van der Waals surface area contributed by atoms with E-state index < -0.39 is 17.8 Å². The van der Waals surface area contributed by atoms with Gasteiger partial charge in [-0.3, -0.25) is 0 Å². The van der Waals surface area contributed by atoms with Crippen molar-refractivity contribution in [2.45, 2.75) is 6.18 Å². The van der Waals surface area contributed by atoms with E-state index in [1.54, 1.807) is 0 Å². The summed E-state index contributed by atoms with van der Waals surface area (Å²) in [7, 11) is 0. The molecule has 0 unspecified atom stereocenters. The normalized spacial score (nSPS) is 11.5. The molecule has 0 aliphatic rings. The fraction of sp³-hybridized carbons (Fsp3) is 0.0909. The summed E-state index contributed by atoms with van der Waals surface area (Å²) in [4.78, 5) is 10.5. The van der Waals surface area contributed by atoms with Crippen LogP contribution in [-0.2, 0) is 6.18 Å². The number of carbonyl (C=O) groups is 1. The predicted molar refractivity (Wildman–Crippen MR) is 57.3 cm³/mol. The molecule has 0 bridgehead atoms. The Morgan fingerprint density at radius 2 is 1.84 bits per heavy atom. The van der Waals surface area contributed by atoms with E-state index in [4.69, 9.17) is 5.73 Å². The van der Waals surface area contributed by atoms with Crippen molar-refractivity contribution >= 4 is 11.8 Å². The summed E-state index contributed by atoms with van der Waals surface area (Å²) in [5.74, 6) is -1.58. The number of carboxylic acid groups (broad SMARTS) is 1. The second-order valence-electron chi connectivity index (χ2n) is 3.70. The van der Waals surface area contributed by atoms with E-state index in [-0.39, 0.29) is 17.1 Å². The summed E-state index contributed by atoms with van der Waals surface area (Å²) in [5, 5.41) is 13.9. The number of anilines is 1. The minimum Gasteiger partial charge on any atom is -0.545 e. The molecule has 19 heavy (non-hydrogen) atoms. The Hall–Kier alpha value is -2.51. The third-order valence-corrected chi connectivity index (χ3v) is 2.37. The fourth-order valence-corrected chi connectivity index (χ4v) is 1.48. The van der Waals surface area contributed by atoms with Crippen LogP contribution < -0.4 is 10.8 Å². The summed E-state index contributed by atoms with van der Waals surface area (Å²) in [6.45, 7) is 0. The van der Waals surface area contributed by atoms with Gasteiger partial charge in [0.1, 0.15) is 5.82 Å². The molecule has 2 rings (SSSR count). The first-order chi connectivity index (χ1) is 8.79. The molecule has 0 radical (unpaired) electrons. The van der Waals surface area contributed by atoms with Crippen LogP contribution in [0.15, 0.2) is 30.3 Å². The lowest BCUT2D eigenvalue weighted by atomic mass is 10.2. The van der Waals surface area contributed by atoms with E-state index in [1.807, 2.05) is 0 Å². The molecule has 0 atom stereocenters. The van der Waals surface area contributed by atoms with Crippen LogP contribution in [-0.4, -0.2) is 15.7 Å². The highest BCUT2D eigenvalue weighted by atomic mass is 19.4. The first-order valence-corrected chi connectivity index (χ1v) is 5.03. The van der Waals surface area contributed by atoms with Gasteiger partial charge >= 0.3 is 6.18 Å². The van der Waals surface area contributed by atoms with Gasteiger partial charge < -0.3 is 15.6 Å². The summed E-state index contributed by atoms with van der Waals surface area (Å²) >= 11 is 0. The topological polar surface area (TPSA) is 84.0 Å². The molecule has 100 valence electrons. The number of aromatic nitrogens is 2. The van der Waals surface area contributed by atoms with Crippen molar-refractivity contribution in [1.82, 2.24) is 9.78 Å². The van der Waals surface area contributed by atoms with E-state index >= 15 is 0 Å². The van der Waals surface area contributed by atoms with E-state index in [9.17, 15) is 23.1 Å². The summed E-state index contributed by atoms with van der Waals surface area (Å²) in [5.41, 5.74) is 4.45. The standard InChI is InChI=1S/C11H8F3N3O2/c12-11(13,14)8-5-9(15)17(16-8)7-3-1-6(2-4-7)10(18)19/h1-5H,15H2,(H,18,19)/p-1. The van der Waals surface area contributed by atoms with Crippen LogP contribution in [0.4, 0.5) is 19.0 Å². The highest BCUT2D eigenvalue weighted by Crippen LogP contribution is 2.30. The zero-order valence-electron chi connectivity index (χ0n) is 9.31. The van der Waals surface area contributed by atoms with Gasteiger partial charge in [-0.05, 0) is 17.7 Å². The number of halogens is 3. The Morgan fingerprint density at radius 1 is 1.26 bits per heavy atom. The maximum Gasteiger partial charge on any atom is 0.435 e. The summed E-state index contributed by atoms with van der Waals surface area (Å²) in [6.07, 6.45) is -4.59. The van der Waals surface area contributed by atoms with Crippen molar-refractivity contribution in [2.75, 3.05) is 5.73 Å². The third kappa shape index (κ3) is 2.51. The summed E-state index contributed by atoms with van der Waals surface area (Å²) in [6, 6.07) is 5.66. The number of aromatic carboxylic acids is 1. The van der Waals surface area contributed by atoms with Crippen molar-refractivity contribution in [3.05, 3.63) is 41.6 Å². The van der Waals surface area contributed by atoms with E-state index in [1.165, 1.54) is 24.3 Å². The number of nitrogen functional groups attached to an aromatic ring is 1. The fourth-order valence-electron chi connectivity index (χ4n) is 1.48. The van der Waals surface area contributed by atoms with Gasteiger partial charge in [0.15, 0.2) is 5.69 Å². The number of carbonyl (C=O) groups excluding carboxylic acids is 1. The van der Waals surface area contributed by atoms with Crippen molar-refractivity contribution in [3.63, 3.8) is 0 Å². The van der Waals surface area contributed by atoms with E-state index in [2.05, 4.69) is 5.10 Å². The van der Waals surface area contributed by atoms with Gasteiger partial charge in [-0.15, -0.1) is 0 Å². The van der Waals surface area contributed by atoms with Crippen molar-refractivity contribution in [1.29, 1.82) is 0 Å². The van der Waals surface area contributed by atoms with Gasteiger partial charge in [0, 0.05) is 6.07 Å². The Bertz CT molecular complexity index is 617. The second-order valence-corrected chi connectivity index (χ2v) is 3.70. The minimum atomic E-state index is -4.59. The van der Waals surface area contributed by atoms with Gasteiger partial charge in [-0.25, -0.2) is 4.68 Å².